The van der Waals surface area contributed by atoms with Crippen LogP contribution in [0.5, 0.6) is 5.75 Å². The van der Waals surface area contributed by atoms with Gasteiger partial charge in [0.15, 0.2) is 5.65 Å². The lowest BCUT2D eigenvalue weighted by atomic mass is 9.90. The van der Waals surface area contributed by atoms with E-state index in [-0.39, 0.29) is 6.09 Å². The molecule has 1 fully saturated rings. The van der Waals surface area contributed by atoms with Crippen molar-refractivity contribution in [2.24, 2.45) is 0 Å². The lowest BCUT2D eigenvalue weighted by molar-refractivity contribution is 0.0204. The van der Waals surface area contributed by atoms with Crippen molar-refractivity contribution in [2.75, 3.05) is 20.2 Å². The van der Waals surface area contributed by atoms with E-state index in [1.165, 1.54) is 6.33 Å². The third-order valence-corrected chi connectivity index (χ3v) is 4.21. The number of pyridine rings is 1. The van der Waals surface area contributed by atoms with Gasteiger partial charge in [-0.1, -0.05) is 0 Å². The molecule has 24 heavy (non-hydrogen) atoms. The zero-order chi connectivity index (χ0) is 17.3. The molecule has 0 saturated carbocycles. The van der Waals surface area contributed by atoms with Gasteiger partial charge in [0.25, 0.3) is 0 Å². The van der Waals surface area contributed by atoms with Gasteiger partial charge in [0.2, 0.25) is 0 Å². The number of rotatable bonds is 2. The maximum absolute atomic E-state index is 12.2. The second kappa shape index (κ2) is 6.30. The van der Waals surface area contributed by atoms with Crippen LogP contribution >= 0.6 is 0 Å². The van der Waals surface area contributed by atoms with Gasteiger partial charge in [0.1, 0.15) is 17.7 Å². The fourth-order valence-corrected chi connectivity index (χ4v) is 3.04. The second-order valence-corrected chi connectivity index (χ2v) is 7.10. The topological polar surface area (TPSA) is 69.0 Å². The molecule has 1 amide bonds. The van der Waals surface area contributed by atoms with E-state index in [2.05, 4.69) is 10.1 Å². The fourth-order valence-electron chi connectivity index (χ4n) is 3.04. The molecule has 7 heteroatoms. The molecule has 1 aliphatic heterocycles. The van der Waals surface area contributed by atoms with E-state index in [4.69, 9.17) is 9.47 Å². The van der Waals surface area contributed by atoms with E-state index in [0.717, 1.165) is 29.8 Å². The Hall–Kier alpha value is -2.31. The highest BCUT2D eigenvalue weighted by atomic mass is 16.6. The SMILES string of the molecule is COc1cc2ncnn2cc1C1CCN(C(=O)OC(C)(C)C)CC1. The number of hydrogen-bond acceptors (Lipinski definition) is 5. The van der Waals surface area contributed by atoms with Crippen molar-refractivity contribution in [3.05, 3.63) is 24.2 Å². The van der Waals surface area contributed by atoms with Crippen LogP contribution in [0.25, 0.3) is 5.65 Å². The summed E-state index contributed by atoms with van der Waals surface area (Å²) < 4.78 is 12.7. The summed E-state index contributed by atoms with van der Waals surface area (Å²) in [5, 5.41) is 4.20. The first kappa shape index (κ1) is 16.5. The number of likely N-dealkylation sites (tertiary alicyclic amines) is 1. The molecular weight excluding hydrogens is 308 g/mol. The van der Waals surface area contributed by atoms with Gasteiger partial charge in [-0.2, -0.15) is 5.10 Å². The number of carbonyl (C=O) groups is 1. The third-order valence-electron chi connectivity index (χ3n) is 4.21. The average molecular weight is 332 g/mol. The third kappa shape index (κ3) is 3.44. The zero-order valence-electron chi connectivity index (χ0n) is 14.7. The molecule has 0 spiro atoms. The van der Waals surface area contributed by atoms with Crippen molar-refractivity contribution in [3.8, 4) is 5.75 Å². The first-order valence-corrected chi connectivity index (χ1v) is 8.22. The number of nitrogens with zero attached hydrogens (tertiary/aromatic N) is 4. The molecule has 0 atom stereocenters. The highest BCUT2D eigenvalue weighted by Gasteiger charge is 2.29. The van der Waals surface area contributed by atoms with Crippen LogP contribution in [0.15, 0.2) is 18.6 Å². The average Bonchev–Trinajstić information content (AvgIpc) is 2.99. The molecule has 3 rings (SSSR count). The summed E-state index contributed by atoms with van der Waals surface area (Å²) in [6, 6.07) is 1.91. The first-order valence-electron chi connectivity index (χ1n) is 8.22. The molecule has 1 aliphatic rings. The quantitative estimate of drug-likeness (QED) is 0.846. The van der Waals surface area contributed by atoms with Gasteiger partial charge < -0.3 is 14.4 Å². The molecule has 130 valence electrons. The lowest BCUT2D eigenvalue weighted by Gasteiger charge is -2.33. The monoisotopic (exact) mass is 332 g/mol. The summed E-state index contributed by atoms with van der Waals surface area (Å²) in [4.78, 5) is 18.1. The number of methoxy groups -OCH3 is 1. The summed E-state index contributed by atoms with van der Waals surface area (Å²) in [5.74, 6) is 1.15. The van der Waals surface area contributed by atoms with Crippen LogP contribution in [0.3, 0.4) is 0 Å². The predicted molar refractivity (Wildman–Crippen MR) is 89.3 cm³/mol. The Labute approximate surface area is 141 Å². The minimum Gasteiger partial charge on any atom is -0.496 e. The van der Waals surface area contributed by atoms with Crippen LogP contribution in [-0.2, 0) is 4.74 Å². The zero-order valence-corrected chi connectivity index (χ0v) is 14.7. The predicted octanol–water partition coefficient (Wildman–Crippen LogP) is 2.85. The Balaban J connectivity index is 1.71. The molecule has 3 heterocycles. The van der Waals surface area contributed by atoms with Crippen LogP contribution in [0.1, 0.15) is 45.1 Å². The Kier molecular flexibility index (Phi) is 4.34. The Morgan fingerprint density at radius 1 is 1.29 bits per heavy atom. The lowest BCUT2D eigenvalue weighted by Crippen LogP contribution is -2.41. The van der Waals surface area contributed by atoms with Crippen LogP contribution in [0.2, 0.25) is 0 Å². The second-order valence-electron chi connectivity index (χ2n) is 7.10. The smallest absolute Gasteiger partial charge is 0.410 e. The van der Waals surface area contributed by atoms with Crippen molar-refractivity contribution in [2.45, 2.75) is 45.1 Å². The number of fused-ring (bicyclic) bond motifs is 1. The van der Waals surface area contributed by atoms with Crippen molar-refractivity contribution in [1.82, 2.24) is 19.5 Å². The molecule has 0 aromatic carbocycles. The Morgan fingerprint density at radius 2 is 2.00 bits per heavy atom. The molecule has 0 aliphatic carbocycles. The van der Waals surface area contributed by atoms with Gasteiger partial charge in [-0.05, 0) is 39.5 Å². The van der Waals surface area contributed by atoms with Crippen molar-refractivity contribution in [1.29, 1.82) is 0 Å². The van der Waals surface area contributed by atoms with Gasteiger partial charge in [0, 0.05) is 30.9 Å². The van der Waals surface area contributed by atoms with Crippen molar-refractivity contribution >= 4 is 11.7 Å². The number of carbonyl (C=O) groups excluding carboxylic acids is 1. The van der Waals surface area contributed by atoms with Gasteiger partial charge >= 0.3 is 6.09 Å². The molecule has 0 bridgehead atoms. The van der Waals surface area contributed by atoms with Gasteiger partial charge in [-0.3, -0.25) is 0 Å². The molecule has 2 aromatic rings. The van der Waals surface area contributed by atoms with E-state index in [1.54, 1.807) is 16.5 Å². The summed E-state index contributed by atoms with van der Waals surface area (Å²) in [7, 11) is 1.67. The molecule has 2 aromatic heterocycles. The van der Waals surface area contributed by atoms with Crippen LogP contribution < -0.4 is 4.74 Å². The molecule has 0 radical (unpaired) electrons. The number of hydrogen-bond donors (Lipinski definition) is 0. The Bertz CT molecular complexity index is 727. The van der Waals surface area contributed by atoms with Crippen molar-refractivity contribution < 1.29 is 14.3 Å². The number of ether oxygens (including phenoxy) is 2. The Morgan fingerprint density at radius 3 is 2.62 bits per heavy atom. The highest BCUT2D eigenvalue weighted by Crippen LogP contribution is 2.34. The normalized spacial score (nSPS) is 16.4. The molecule has 0 unspecified atom stereocenters. The van der Waals surface area contributed by atoms with E-state index in [0.29, 0.717) is 19.0 Å². The van der Waals surface area contributed by atoms with Gasteiger partial charge in [0.05, 0.1) is 7.11 Å². The molecule has 1 saturated heterocycles. The number of amides is 1. The maximum atomic E-state index is 12.2. The van der Waals surface area contributed by atoms with E-state index < -0.39 is 5.60 Å². The van der Waals surface area contributed by atoms with E-state index in [9.17, 15) is 4.79 Å². The summed E-state index contributed by atoms with van der Waals surface area (Å²) >= 11 is 0. The standard InChI is InChI=1S/C17H24N4O3/c1-17(2,3)24-16(22)20-7-5-12(6-8-20)13-10-21-15(18-11-19-21)9-14(13)23-4/h9-12H,5-8H2,1-4H3. The molecule has 7 nitrogen and oxygen atoms in total. The number of aromatic nitrogens is 3. The molecule has 0 N–H and O–H groups in total. The fraction of sp³-hybridized carbons (Fsp3) is 0.588. The van der Waals surface area contributed by atoms with Crippen LogP contribution in [0.4, 0.5) is 4.79 Å². The van der Waals surface area contributed by atoms with Crippen molar-refractivity contribution in [3.63, 3.8) is 0 Å². The van der Waals surface area contributed by atoms with E-state index in [1.807, 2.05) is 33.0 Å². The molecular formula is C17H24N4O3. The van der Waals surface area contributed by atoms with Gasteiger partial charge in [-0.25, -0.2) is 14.3 Å². The van der Waals surface area contributed by atoms with Crippen LogP contribution in [-0.4, -0.2) is 51.4 Å². The van der Waals surface area contributed by atoms with E-state index >= 15 is 0 Å². The number of piperidine rings is 1. The van der Waals surface area contributed by atoms with Crippen LogP contribution in [0, 0.1) is 0 Å². The minimum absolute atomic E-state index is 0.236. The summed E-state index contributed by atoms with van der Waals surface area (Å²) in [5.41, 5.74) is 1.41. The summed E-state index contributed by atoms with van der Waals surface area (Å²) in [6.07, 6.45) is 5.02. The summed E-state index contributed by atoms with van der Waals surface area (Å²) in [6.45, 7) is 7.01. The minimum atomic E-state index is -0.463. The largest absolute Gasteiger partial charge is 0.496 e. The first-order chi connectivity index (χ1) is 11.4. The van der Waals surface area contributed by atoms with Gasteiger partial charge in [-0.15, -0.1) is 0 Å². The maximum Gasteiger partial charge on any atom is 0.410 e. The highest BCUT2D eigenvalue weighted by molar-refractivity contribution is 5.68.